The van der Waals surface area contributed by atoms with E-state index in [0.717, 1.165) is 16.7 Å². The Morgan fingerprint density at radius 3 is 2.37 bits per heavy atom. The maximum absolute atomic E-state index is 10.6. The lowest BCUT2D eigenvalue weighted by molar-refractivity contribution is -0.384. The van der Waals surface area contributed by atoms with Crippen LogP contribution in [0.2, 0.25) is 0 Å². The first-order chi connectivity index (χ1) is 9.08. The summed E-state index contributed by atoms with van der Waals surface area (Å²) in [6.45, 7) is 2.03. The van der Waals surface area contributed by atoms with Gasteiger partial charge in [-0.25, -0.2) is 0 Å². The Kier molecular flexibility index (Phi) is 4.17. The quantitative estimate of drug-likeness (QED) is 0.471. The van der Waals surface area contributed by atoms with Crippen molar-refractivity contribution in [2.75, 3.05) is 0 Å². The van der Waals surface area contributed by atoms with Gasteiger partial charge < -0.3 is 0 Å². The molecular formula is C15H14ClNO2. The van der Waals surface area contributed by atoms with E-state index in [-0.39, 0.29) is 11.1 Å². The number of halogens is 1. The number of nitro benzene ring substituents is 1. The van der Waals surface area contributed by atoms with Gasteiger partial charge in [-0.15, -0.1) is 11.6 Å². The predicted molar refractivity (Wildman–Crippen MR) is 76.6 cm³/mol. The highest BCUT2D eigenvalue weighted by Crippen LogP contribution is 2.28. The highest BCUT2D eigenvalue weighted by Gasteiger charge is 2.12. The van der Waals surface area contributed by atoms with E-state index >= 15 is 0 Å². The molecule has 0 aliphatic heterocycles. The number of benzene rings is 2. The second-order valence-electron chi connectivity index (χ2n) is 4.45. The number of hydrogen-bond acceptors (Lipinski definition) is 2. The number of aryl methyl sites for hydroxylation is 1. The van der Waals surface area contributed by atoms with Gasteiger partial charge in [-0.2, -0.15) is 0 Å². The van der Waals surface area contributed by atoms with Crippen LogP contribution in [-0.4, -0.2) is 4.92 Å². The molecule has 0 aliphatic rings. The van der Waals surface area contributed by atoms with Crippen LogP contribution in [0.4, 0.5) is 5.69 Å². The van der Waals surface area contributed by atoms with Gasteiger partial charge in [0.05, 0.1) is 10.3 Å². The Morgan fingerprint density at radius 2 is 1.79 bits per heavy atom. The van der Waals surface area contributed by atoms with Crippen molar-refractivity contribution in [3.63, 3.8) is 0 Å². The molecule has 1 unspecified atom stereocenters. The standard InChI is InChI=1S/C15H14ClNO2/c1-11-4-2-3-5-14(11)15(16)10-12-6-8-13(9-7-12)17(18)19/h2-9,15H,10H2,1H3. The topological polar surface area (TPSA) is 43.1 Å². The maximum atomic E-state index is 10.6. The molecule has 0 heterocycles. The Morgan fingerprint density at radius 1 is 1.16 bits per heavy atom. The van der Waals surface area contributed by atoms with Crippen LogP contribution < -0.4 is 0 Å². The summed E-state index contributed by atoms with van der Waals surface area (Å²) >= 11 is 6.41. The molecule has 2 aromatic carbocycles. The van der Waals surface area contributed by atoms with E-state index in [0.29, 0.717) is 6.42 Å². The Bertz CT molecular complexity index is 581. The molecule has 98 valence electrons. The van der Waals surface area contributed by atoms with Crippen LogP contribution >= 0.6 is 11.6 Å². The minimum atomic E-state index is -0.400. The van der Waals surface area contributed by atoms with Crippen molar-refractivity contribution in [3.05, 3.63) is 75.3 Å². The monoisotopic (exact) mass is 275 g/mol. The van der Waals surface area contributed by atoms with Crippen molar-refractivity contribution in [2.24, 2.45) is 0 Å². The van der Waals surface area contributed by atoms with Crippen molar-refractivity contribution in [1.29, 1.82) is 0 Å². The van der Waals surface area contributed by atoms with Crippen LogP contribution in [0.1, 0.15) is 22.1 Å². The van der Waals surface area contributed by atoms with E-state index in [1.165, 1.54) is 12.1 Å². The molecule has 0 amide bonds. The SMILES string of the molecule is Cc1ccccc1C(Cl)Cc1ccc([N+](=O)[O-])cc1. The van der Waals surface area contributed by atoms with Gasteiger partial charge in [0, 0.05) is 12.1 Å². The van der Waals surface area contributed by atoms with E-state index in [1.807, 2.05) is 31.2 Å². The number of hydrogen-bond donors (Lipinski definition) is 0. The van der Waals surface area contributed by atoms with E-state index < -0.39 is 4.92 Å². The highest BCUT2D eigenvalue weighted by atomic mass is 35.5. The third-order valence-electron chi connectivity index (χ3n) is 3.09. The molecule has 0 N–H and O–H groups in total. The number of rotatable bonds is 4. The summed E-state index contributed by atoms with van der Waals surface area (Å²) in [6, 6.07) is 14.5. The average molecular weight is 276 g/mol. The molecule has 0 spiro atoms. The minimum absolute atomic E-state index is 0.103. The summed E-state index contributed by atoms with van der Waals surface area (Å²) in [4.78, 5) is 10.2. The summed E-state index contributed by atoms with van der Waals surface area (Å²) in [5.74, 6) is 0. The molecule has 0 fully saturated rings. The zero-order chi connectivity index (χ0) is 13.8. The molecule has 0 saturated carbocycles. The lowest BCUT2D eigenvalue weighted by Crippen LogP contribution is -1.98. The first-order valence-corrected chi connectivity index (χ1v) is 6.44. The first-order valence-electron chi connectivity index (χ1n) is 6.01. The van der Waals surface area contributed by atoms with Crippen molar-refractivity contribution in [3.8, 4) is 0 Å². The van der Waals surface area contributed by atoms with Crippen LogP contribution in [0.25, 0.3) is 0 Å². The Hall–Kier alpha value is -1.87. The number of alkyl halides is 1. The summed E-state index contributed by atoms with van der Waals surface area (Å²) in [5, 5.41) is 10.5. The van der Waals surface area contributed by atoms with Crippen LogP contribution in [0, 0.1) is 17.0 Å². The molecule has 2 aromatic rings. The third-order valence-corrected chi connectivity index (χ3v) is 3.48. The fourth-order valence-electron chi connectivity index (χ4n) is 2.01. The normalized spacial score (nSPS) is 12.1. The van der Waals surface area contributed by atoms with Crippen LogP contribution in [-0.2, 0) is 6.42 Å². The Balaban J connectivity index is 2.13. The summed E-state index contributed by atoms with van der Waals surface area (Å²) in [7, 11) is 0. The van der Waals surface area contributed by atoms with Gasteiger partial charge in [0.1, 0.15) is 0 Å². The van der Waals surface area contributed by atoms with E-state index in [9.17, 15) is 10.1 Å². The van der Waals surface area contributed by atoms with E-state index in [2.05, 4.69) is 0 Å². The summed E-state index contributed by atoms with van der Waals surface area (Å²) in [6.07, 6.45) is 0.657. The second kappa shape index (κ2) is 5.85. The molecule has 19 heavy (non-hydrogen) atoms. The molecule has 3 nitrogen and oxygen atoms in total. The average Bonchev–Trinajstić information content (AvgIpc) is 2.39. The lowest BCUT2D eigenvalue weighted by atomic mass is 10.00. The van der Waals surface area contributed by atoms with Crippen molar-refractivity contribution >= 4 is 17.3 Å². The van der Waals surface area contributed by atoms with Gasteiger partial charge >= 0.3 is 0 Å². The number of non-ortho nitro benzene ring substituents is 1. The Labute approximate surface area is 117 Å². The van der Waals surface area contributed by atoms with Crippen molar-refractivity contribution in [1.82, 2.24) is 0 Å². The second-order valence-corrected chi connectivity index (χ2v) is 4.98. The number of nitro groups is 1. The molecule has 0 saturated heterocycles. The van der Waals surface area contributed by atoms with Gasteiger partial charge in [-0.05, 0) is 30.0 Å². The smallest absolute Gasteiger partial charge is 0.258 e. The first kappa shape index (κ1) is 13.6. The molecule has 0 aliphatic carbocycles. The lowest BCUT2D eigenvalue weighted by Gasteiger charge is -2.12. The van der Waals surface area contributed by atoms with Crippen molar-refractivity contribution in [2.45, 2.75) is 18.7 Å². The highest BCUT2D eigenvalue weighted by molar-refractivity contribution is 6.21. The zero-order valence-corrected chi connectivity index (χ0v) is 11.3. The van der Waals surface area contributed by atoms with Crippen LogP contribution in [0.5, 0.6) is 0 Å². The molecule has 0 radical (unpaired) electrons. The molecule has 1 atom stereocenters. The molecule has 0 aromatic heterocycles. The fourth-order valence-corrected chi connectivity index (χ4v) is 2.43. The van der Waals surface area contributed by atoms with Gasteiger partial charge in [0.15, 0.2) is 0 Å². The zero-order valence-electron chi connectivity index (χ0n) is 10.5. The molecule has 2 rings (SSSR count). The maximum Gasteiger partial charge on any atom is 0.269 e. The fraction of sp³-hybridized carbons (Fsp3) is 0.200. The van der Waals surface area contributed by atoms with Crippen LogP contribution in [0.15, 0.2) is 48.5 Å². The summed E-state index contributed by atoms with van der Waals surface area (Å²) in [5.41, 5.74) is 3.35. The molecule has 0 bridgehead atoms. The molecular weight excluding hydrogens is 262 g/mol. The van der Waals surface area contributed by atoms with Crippen LogP contribution in [0.3, 0.4) is 0 Å². The van der Waals surface area contributed by atoms with Crippen molar-refractivity contribution < 1.29 is 4.92 Å². The van der Waals surface area contributed by atoms with E-state index in [1.54, 1.807) is 12.1 Å². The molecule has 4 heteroatoms. The van der Waals surface area contributed by atoms with Gasteiger partial charge in [0.25, 0.3) is 5.69 Å². The predicted octanol–water partition coefficient (Wildman–Crippen LogP) is 4.43. The van der Waals surface area contributed by atoms with Gasteiger partial charge in [-0.1, -0.05) is 36.4 Å². The minimum Gasteiger partial charge on any atom is -0.258 e. The number of nitrogens with zero attached hydrogens (tertiary/aromatic N) is 1. The summed E-state index contributed by atoms with van der Waals surface area (Å²) < 4.78 is 0. The van der Waals surface area contributed by atoms with Gasteiger partial charge in [-0.3, -0.25) is 10.1 Å². The third kappa shape index (κ3) is 3.32. The van der Waals surface area contributed by atoms with E-state index in [4.69, 9.17) is 11.6 Å². The largest absolute Gasteiger partial charge is 0.269 e. The van der Waals surface area contributed by atoms with Gasteiger partial charge in [0.2, 0.25) is 0 Å².